The van der Waals surface area contributed by atoms with Crippen molar-refractivity contribution in [3.8, 4) is 32.8 Å². The van der Waals surface area contributed by atoms with Gasteiger partial charge in [0.2, 0.25) is 0 Å². The van der Waals surface area contributed by atoms with Crippen LogP contribution in [0.25, 0.3) is 75.4 Å². The lowest BCUT2D eigenvalue weighted by molar-refractivity contribution is 0.770. The summed E-state index contributed by atoms with van der Waals surface area (Å²) in [6.45, 7) is 0. The second kappa shape index (κ2) is 11.3. The van der Waals surface area contributed by atoms with Crippen LogP contribution in [0.3, 0.4) is 0 Å². The van der Waals surface area contributed by atoms with Crippen LogP contribution in [0.15, 0.2) is 188 Å². The molecule has 1 nitrogen and oxygen atoms in total. The van der Waals surface area contributed by atoms with E-state index in [1.165, 1.54) is 81.5 Å². The fourth-order valence-electron chi connectivity index (χ4n) is 8.76. The molecular formula is C50H31NS. The summed E-state index contributed by atoms with van der Waals surface area (Å²) in [7, 11) is 0. The van der Waals surface area contributed by atoms with Crippen molar-refractivity contribution in [1.29, 1.82) is 0 Å². The van der Waals surface area contributed by atoms with Crippen molar-refractivity contribution in [3.63, 3.8) is 0 Å². The maximum Gasteiger partial charge on any atom is 0.124 e. The Labute approximate surface area is 306 Å². The lowest BCUT2D eigenvalue weighted by atomic mass is 9.67. The Hall–Kier alpha value is -6.35. The number of hydrogen-bond donors (Lipinski definition) is 0. The Morgan fingerprint density at radius 1 is 0.404 bits per heavy atom. The number of fused-ring (bicyclic) bond motifs is 9. The monoisotopic (exact) mass is 677 g/mol. The summed E-state index contributed by atoms with van der Waals surface area (Å²) >= 11 is 1.79. The number of hydrogen-bond acceptors (Lipinski definition) is 2. The Morgan fingerprint density at radius 2 is 0.981 bits per heavy atom. The maximum absolute atomic E-state index is 5.09. The fraction of sp³-hybridized carbons (Fsp3) is 0.0200. The van der Waals surface area contributed by atoms with Gasteiger partial charge in [-0.1, -0.05) is 158 Å². The first-order valence-corrected chi connectivity index (χ1v) is 18.7. The summed E-state index contributed by atoms with van der Waals surface area (Å²) in [5.41, 5.74) is 12.0. The minimum Gasteiger partial charge on any atom is -0.236 e. The van der Waals surface area contributed by atoms with E-state index in [2.05, 4.69) is 188 Å². The van der Waals surface area contributed by atoms with Gasteiger partial charge in [-0.05, 0) is 102 Å². The van der Waals surface area contributed by atoms with Crippen LogP contribution in [0.4, 0.5) is 0 Å². The molecule has 52 heavy (non-hydrogen) atoms. The SMILES string of the molecule is c1ccc(-c2nc3ccc4ccc5ccc(-c6ccc7c(c6)C(c6ccccc6)(c6ccccc6)c6cc8ccccc8cc6-7)cc5c4c3s2)cc1. The van der Waals surface area contributed by atoms with Gasteiger partial charge in [-0.15, -0.1) is 11.3 Å². The minimum atomic E-state index is -0.473. The Bertz CT molecular complexity index is 2960. The van der Waals surface area contributed by atoms with Gasteiger partial charge in [0.15, 0.2) is 0 Å². The molecule has 0 bridgehead atoms. The summed E-state index contributed by atoms with van der Waals surface area (Å²) < 4.78 is 1.24. The molecule has 1 aromatic heterocycles. The number of benzene rings is 9. The van der Waals surface area contributed by atoms with E-state index in [-0.39, 0.29) is 0 Å². The van der Waals surface area contributed by atoms with Gasteiger partial charge in [0.25, 0.3) is 0 Å². The van der Waals surface area contributed by atoms with Gasteiger partial charge >= 0.3 is 0 Å². The van der Waals surface area contributed by atoms with Crippen LogP contribution in [0, 0.1) is 0 Å². The van der Waals surface area contributed by atoms with Crippen molar-refractivity contribution >= 4 is 53.9 Å². The third-order valence-corrected chi connectivity index (χ3v) is 12.3. The molecular weight excluding hydrogens is 647 g/mol. The first-order valence-electron chi connectivity index (χ1n) is 17.9. The molecule has 0 radical (unpaired) electrons. The highest BCUT2D eigenvalue weighted by Crippen LogP contribution is 2.57. The third-order valence-electron chi connectivity index (χ3n) is 11.1. The smallest absolute Gasteiger partial charge is 0.124 e. The van der Waals surface area contributed by atoms with Crippen molar-refractivity contribution in [2.45, 2.75) is 5.41 Å². The van der Waals surface area contributed by atoms with Crippen molar-refractivity contribution in [2.24, 2.45) is 0 Å². The number of thiazole rings is 1. The van der Waals surface area contributed by atoms with E-state index < -0.39 is 5.41 Å². The fourth-order valence-corrected chi connectivity index (χ4v) is 9.90. The molecule has 0 unspecified atom stereocenters. The molecule has 11 rings (SSSR count). The quantitative estimate of drug-likeness (QED) is 0.169. The van der Waals surface area contributed by atoms with Gasteiger partial charge in [-0.2, -0.15) is 0 Å². The van der Waals surface area contributed by atoms with Gasteiger partial charge in [0, 0.05) is 10.9 Å². The topological polar surface area (TPSA) is 12.9 Å². The summed E-state index contributed by atoms with van der Waals surface area (Å²) in [6, 6.07) is 69.4. The largest absolute Gasteiger partial charge is 0.236 e. The van der Waals surface area contributed by atoms with Gasteiger partial charge in [0.1, 0.15) is 5.01 Å². The van der Waals surface area contributed by atoms with Crippen molar-refractivity contribution in [3.05, 3.63) is 210 Å². The summed E-state index contributed by atoms with van der Waals surface area (Å²) in [5, 5.41) is 8.60. The molecule has 0 atom stereocenters. The lowest BCUT2D eigenvalue weighted by Crippen LogP contribution is -2.28. The molecule has 2 heteroatoms. The first-order chi connectivity index (χ1) is 25.8. The van der Waals surface area contributed by atoms with E-state index in [0.717, 1.165) is 16.1 Å². The predicted molar refractivity (Wildman–Crippen MR) is 220 cm³/mol. The molecule has 1 heterocycles. The zero-order valence-corrected chi connectivity index (χ0v) is 29.1. The normalized spacial score (nSPS) is 13.2. The number of aromatic nitrogens is 1. The lowest BCUT2D eigenvalue weighted by Gasteiger charge is -2.34. The Morgan fingerprint density at radius 3 is 1.73 bits per heavy atom. The molecule has 1 aliphatic carbocycles. The molecule has 0 saturated heterocycles. The van der Waals surface area contributed by atoms with Gasteiger partial charge < -0.3 is 0 Å². The zero-order valence-electron chi connectivity index (χ0n) is 28.3. The standard InChI is InChI=1S/C50H31NS/c1-4-12-34(13-5-1)49-51-46-27-25-33-22-20-32-21-23-37(28-42(32)47(33)48(46)52-49)38-24-26-41-43-29-35-14-10-11-15-36(35)30-45(43)50(44(41)31-38,39-16-6-2-7-17-39)40-18-8-3-9-19-40/h1-31H. The molecule has 0 saturated carbocycles. The van der Waals surface area contributed by atoms with Crippen molar-refractivity contribution < 1.29 is 0 Å². The van der Waals surface area contributed by atoms with Crippen LogP contribution in [-0.4, -0.2) is 4.98 Å². The van der Waals surface area contributed by atoms with Gasteiger partial charge in [-0.3, -0.25) is 0 Å². The number of nitrogens with zero attached hydrogens (tertiary/aromatic N) is 1. The molecule has 0 fully saturated rings. The van der Waals surface area contributed by atoms with Gasteiger partial charge in [-0.25, -0.2) is 4.98 Å². The zero-order chi connectivity index (χ0) is 34.2. The van der Waals surface area contributed by atoms with E-state index in [1.807, 2.05) is 0 Å². The molecule has 0 spiro atoms. The van der Waals surface area contributed by atoms with Crippen LogP contribution < -0.4 is 0 Å². The third kappa shape index (κ3) is 4.25. The average molecular weight is 678 g/mol. The summed E-state index contributed by atoms with van der Waals surface area (Å²) in [4.78, 5) is 5.09. The second-order valence-electron chi connectivity index (χ2n) is 13.9. The molecule has 0 aliphatic heterocycles. The first kappa shape index (κ1) is 29.4. The predicted octanol–water partition coefficient (Wildman–Crippen LogP) is 13.5. The van der Waals surface area contributed by atoms with Crippen LogP contribution in [0.1, 0.15) is 22.3 Å². The molecule has 0 amide bonds. The number of rotatable bonds is 4. The Kier molecular flexibility index (Phi) is 6.40. The second-order valence-corrected chi connectivity index (χ2v) is 14.9. The van der Waals surface area contributed by atoms with Crippen molar-refractivity contribution in [1.82, 2.24) is 4.98 Å². The molecule has 242 valence electrons. The van der Waals surface area contributed by atoms with Crippen LogP contribution >= 0.6 is 11.3 Å². The highest BCUT2D eigenvalue weighted by Gasteiger charge is 2.46. The summed E-state index contributed by atoms with van der Waals surface area (Å²) in [6.07, 6.45) is 0. The van der Waals surface area contributed by atoms with E-state index in [9.17, 15) is 0 Å². The van der Waals surface area contributed by atoms with Crippen LogP contribution in [-0.2, 0) is 5.41 Å². The molecule has 9 aromatic carbocycles. The highest BCUT2D eigenvalue weighted by atomic mass is 32.1. The van der Waals surface area contributed by atoms with Crippen molar-refractivity contribution in [2.75, 3.05) is 0 Å². The van der Waals surface area contributed by atoms with E-state index in [1.54, 1.807) is 11.3 Å². The Balaban J connectivity index is 1.17. The van der Waals surface area contributed by atoms with Gasteiger partial charge in [0.05, 0.1) is 15.6 Å². The van der Waals surface area contributed by atoms with E-state index >= 15 is 0 Å². The highest BCUT2D eigenvalue weighted by molar-refractivity contribution is 7.22. The average Bonchev–Trinajstić information content (AvgIpc) is 3.78. The van der Waals surface area contributed by atoms with E-state index in [0.29, 0.717) is 0 Å². The van der Waals surface area contributed by atoms with Crippen LogP contribution in [0.2, 0.25) is 0 Å². The van der Waals surface area contributed by atoms with Crippen LogP contribution in [0.5, 0.6) is 0 Å². The minimum absolute atomic E-state index is 0.473. The maximum atomic E-state index is 5.09. The summed E-state index contributed by atoms with van der Waals surface area (Å²) in [5.74, 6) is 0. The molecule has 10 aromatic rings. The molecule has 0 N–H and O–H groups in total. The van der Waals surface area contributed by atoms with E-state index in [4.69, 9.17) is 4.98 Å². The molecule has 1 aliphatic rings.